The summed E-state index contributed by atoms with van der Waals surface area (Å²) in [5.74, 6) is 0.490. The SMILES string of the molecule is CC(NC(=O)c1ccc(C2SCC(=O)N2Cc2ccc(Cl)cc2)cc1)c1ccc2c(c1)CCCC2. The van der Waals surface area contributed by atoms with Crippen molar-refractivity contribution in [3.05, 3.63) is 105 Å². The molecule has 1 saturated heterocycles. The fraction of sp³-hybridized carbons (Fsp3) is 0.310. The minimum absolute atomic E-state index is 0.0627. The van der Waals surface area contributed by atoms with Gasteiger partial charge in [-0.25, -0.2) is 0 Å². The number of fused-ring (bicyclic) bond motifs is 1. The van der Waals surface area contributed by atoms with Crippen molar-refractivity contribution >= 4 is 35.2 Å². The third-order valence-electron chi connectivity index (χ3n) is 6.91. The second kappa shape index (κ2) is 10.5. The number of hydrogen-bond donors (Lipinski definition) is 1. The summed E-state index contributed by atoms with van der Waals surface area (Å²) >= 11 is 7.62. The van der Waals surface area contributed by atoms with Crippen LogP contribution in [0.5, 0.6) is 0 Å². The van der Waals surface area contributed by atoms with Crippen LogP contribution < -0.4 is 5.32 Å². The van der Waals surface area contributed by atoms with Crippen LogP contribution in [0, 0.1) is 0 Å². The van der Waals surface area contributed by atoms with E-state index in [0.29, 0.717) is 22.9 Å². The van der Waals surface area contributed by atoms with Crippen LogP contribution in [0.25, 0.3) is 0 Å². The van der Waals surface area contributed by atoms with Gasteiger partial charge in [0.15, 0.2) is 0 Å². The molecule has 0 aromatic heterocycles. The predicted molar refractivity (Wildman–Crippen MR) is 143 cm³/mol. The molecule has 0 radical (unpaired) electrons. The fourth-order valence-electron chi connectivity index (χ4n) is 4.87. The number of benzene rings is 3. The number of amides is 2. The Morgan fingerprint density at radius 1 is 1.03 bits per heavy atom. The average molecular weight is 505 g/mol. The van der Waals surface area contributed by atoms with Gasteiger partial charge in [0, 0.05) is 17.1 Å². The van der Waals surface area contributed by atoms with E-state index < -0.39 is 0 Å². The Balaban J connectivity index is 1.25. The van der Waals surface area contributed by atoms with Gasteiger partial charge in [0.2, 0.25) is 5.91 Å². The van der Waals surface area contributed by atoms with Gasteiger partial charge < -0.3 is 10.2 Å². The maximum Gasteiger partial charge on any atom is 0.251 e. The second-order valence-electron chi connectivity index (χ2n) is 9.36. The molecule has 180 valence electrons. The van der Waals surface area contributed by atoms with Crippen LogP contribution in [0.4, 0.5) is 0 Å². The van der Waals surface area contributed by atoms with Gasteiger partial charge in [-0.3, -0.25) is 9.59 Å². The summed E-state index contributed by atoms with van der Waals surface area (Å²) in [6, 6.07) is 21.8. The number of thioether (sulfide) groups is 1. The first kappa shape index (κ1) is 24.0. The number of nitrogens with zero attached hydrogens (tertiary/aromatic N) is 1. The van der Waals surface area contributed by atoms with Crippen molar-refractivity contribution in [1.82, 2.24) is 10.2 Å². The first-order valence-electron chi connectivity index (χ1n) is 12.2. The number of carbonyl (C=O) groups is 2. The van der Waals surface area contributed by atoms with Gasteiger partial charge in [0.1, 0.15) is 5.37 Å². The summed E-state index contributed by atoms with van der Waals surface area (Å²) in [5, 5.41) is 3.76. The Morgan fingerprint density at radius 2 is 1.74 bits per heavy atom. The molecule has 1 heterocycles. The van der Waals surface area contributed by atoms with Crippen LogP contribution in [-0.2, 0) is 24.2 Å². The molecule has 1 aliphatic heterocycles. The molecule has 35 heavy (non-hydrogen) atoms. The van der Waals surface area contributed by atoms with E-state index >= 15 is 0 Å². The molecular formula is C29H29ClN2O2S. The van der Waals surface area contributed by atoms with Crippen LogP contribution in [0.1, 0.15) is 69.4 Å². The van der Waals surface area contributed by atoms with Crippen LogP contribution in [0.15, 0.2) is 66.7 Å². The third kappa shape index (κ3) is 5.41. The van der Waals surface area contributed by atoms with E-state index in [4.69, 9.17) is 11.6 Å². The lowest BCUT2D eigenvalue weighted by Crippen LogP contribution is -2.28. The molecular weight excluding hydrogens is 476 g/mol. The van der Waals surface area contributed by atoms with Crippen molar-refractivity contribution in [3.63, 3.8) is 0 Å². The quantitative estimate of drug-likeness (QED) is 0.417. The second-order valence-corrected chi connectivity index (χ2v) is 10.9. The zero-order valence-electron chi connectivity index (χ0n) is 19.8. The molecule has 0 bridgehead atoms. The summed E-state index contributed by atoms with van der Waals surface area (Å²) < 4.78 is 0. The van der Waals surface area contributed by atoms with Crippen molar-refractivity contribution < 1.29 is 9.59 Å². The Morgan fingerprint density at radius 3 is 2.49 bits per heavy atom. The van der Waals surface area contributed by atoms with Crippen molar-refractivity contribution in [2.75, 3.05) is 5.75 Å². The summed E-state index contributed by atoms with van der Waals surface area (Å²) in [6.45, 7) is 2.57. The standard InChI is InChI=1S/C29H29ClN2O2S/c1-19(24-13-8-21-4-2-3-5-25(21)16-24)31-28(34)22-9-11-23(12-10-22)29-32(27(33)18-35-29)17-20-6-14-26(30)15-7-20/h6-16,19,29H,2-5,17-18H2,1H3,(H,31,34). The zero-order chi connectivity index (χ0) is 24.4. The molecule has 2 aliphatic rings. The van der Waals surface area contributed by atoms with E-state index in [2.05, 4.69) is 23.5 Å². The maximum atomic E-state index is 12.9. The van der Waals surface area contributed by atoms with Gasteiger partial charge in [0.25, 0.3) is 5.91 Å². The van der Waals surface area contributed by atoms with Crippen molar-refractivity contribution in [1.29, 1.82) is 0 Å². The lowest BCUT2D eigenvalue weighted by molar-refractivity contribution is -0.128. The Kier molecular flexibility index (Phi) is 7.17. The van der Waals surface area contributed by atoms with Gasteiger partial charge in [-0.05, 0) is 84.7 Å². The number of aryl methyl sites for hydroxylation is 2. The van der Waals surface area contributed by atoms with E-state index in [1.54, 1.807) is 11.8 Å². The summed E-state index contributed by atoms with van der Waals surface area (Å²) in [7, 11) is 0. The molecule has 2 unspecified atom stereocenters. The summed E-state index contributed by atoms with van der Waals surface area (Å²) in [6.07, 6.45) is 4.79. The van der Waals surface area contributed by atoms with Crippen molar-refractivity contribution in [2.24, 2.45) is 0 Å². The summed E-state index contributed by atoms with van der Waals surface area (Å²) in [5.41, 5.74) is 6.71. The van der Waals surface area contributed by atoms with Crippen LogP contribution in [-0.4, -0.2) is 22.5 Å². The molecule has 1 aliphatic carbocycles. The molecule has 2 atom stereocenters. The Hall–Kier alpha value is -2.76. The van der Waals surface area contributed by atoms with Crippen LogP contribution >= 0.6 is 23.4 Å². The molecule has 3 aromatic rings. The van der Waals surface area contributed by atoms with Gasteiger partial charge in [-0.2, -0.15) is 0 Å². The Labute approximate surface area is 216 Å². The van der Waals surface area contributed by atoms with E-state index in [-0.39, 0.29) is 23.2 Å². The zero-order valence-corrected chi connectivity index (χ0v) is 21.4. The molecule has 1 N–H and O–H groups in total. The van der Waals surface area contributed by atoms with E-state index in [1.807, 2.05) is 60.4 Å². The number of halogens is 1. The molecule has 2 amide bonds. The maximum absolute atomic E-state index is 12.9. The highest BCUT2D eigenvalue weighted by Crippen LogP contribution is 2.39. The minimum Gasteiger partial charge on any atom is -0.346 e. The molecule has 6 heteroatoms. The number of nitrogens with one attached hydrogen (secondary N) is 1. The normalized spacial score (nSPS) is 18.3. The first-order chi connectivity index (χ1) is 17.0. The van der Waals surface area contributed by atoms with Crippen LogP contribution in [0.2, 0.25) is 5.02 Å². The monoisotopic (exact) mass is 504 g/mol. The van der Waals surface area contributed by atoms with E-state index in [0.717, 1.165) is 29.5 Å². The molecule has 4 nitrogen and oxygen atoms in total. The average Bonchev–Trinajstić information content (AvgIpc) is 3.24. The topological polar surface area (TPSA) is 49.4 Å². The van der Waals surface area contributed by atoms with Crippen molar-refractivity contribution in [2.45, 2.75) is 50.6 Å². The largest absolute Gasteiger partial charge is 0.346 e. The number of carbonyl (C=O) groups excluding carboxylic acids is 2. The summed E-state index contributed by atoms with van der Waals surface area (Å²) in [4.78, 5) is 27.4. The van der Waals surface area contributed by atoms with Gasteiger partial charge in [0.05, 0.1) is 11.8 Å². The van der Waals surface area contributed by atoms with Gasteiger partial charge >= 0.3 is 0 Å². The molecule has 1 fully saturated rings. The highest BCUT2D eigenvalue weighted by Gasteiger charge is 2.32. The predicted octanol–water partition coefficient (Wildman–Crippen LogP) is 6.48. The number of hydrogen-bond acceptors (Lipinski definition) is 3. The Bertz CT molecular complexity index is 1230. The van der Waals surface area contributed by atoms with Crippen LogP contribution in [0.3, 0.4) is 0 Å². The molecule has 0 saturated carbocycles. The first-order valence-corrected chi connectivity index (χ1v) is 13.6. The molecule has 3 aromatic carbocycles. The van der Waals surface area contributed by atoms with Gasteiger partial charge in [-0.15, -0.1) is 11.8 Å². The minimum atomic E-state index is -0.0880. The van der Waals surface area contributed by atoms with Crippen molar-refractivity contribution in [3.8, 4) is 0 Å². The molecule has 5 rings (SSSR count). The van der Waals surface area contributed by atoms with E-state index in [9.17, 15) is 9.59 Å². The number of rotatable bonds is 6. The van der Waals surface area contributed by atoms with Gasteiger partial charge in [-0.1, -0.05) is 54.1 Å². The lowest BCUT2D eigenvalue weighted by Gasteiger charge is -2.24. The third-order valence-corrected chi connectivity index (χ3v) is 8.42. The van der Waals surface area contributed by atoms with E-state index in [1.165, 1.54) is 24.0 Å². The molecule has 0 spiro atoms. The fourth-order valence-corrected chi connectivity index (χ4v) is 6.19. The smallest absolute Gasteiger partial charge is 0.251 e. The lowest BCUT2D eigenvalue weighted by atomic mass is 9.89. The highest BCUT2D eigenvalue weighted by atomic mass is 35.5. The highest BCUT2D eigenvalue weighted by molar-refractivity contribution is 8.00.